The number of rotatable bonds is 5. The van der Waals surface area contributed by atoms with Gasteiger partial charge in [0.15, 0.2) is 0 Å². The van der Waals surface area contributed by atoms with Crippen molar-refractivity contribution >= 4 is 6.16 Å². The predicted molar refractivity (Wildman–Crippen MR) is 39.0 cm³/mol. The van der Waals surface area contributed by atoms with Gasteiger partial charge in [-0.1, -0.05) is 13.3 Å². The van der Waals surface area contributed by atoms with Crippen LogP contribution in [0.1, 0.15) is 26.7 Å². The van der Waals surface area contributed by atoms with Crippen molar-refractivity contribution in [3.05, 3.63) is 0 Å². The average Bonchev–Trinajstić information content (AvgIpc) is 1.99. The summed E-state index contributed by atoms with van der Waals surface area (Å²) in [6.45, 7) is 4.45. The molecule has 0 unspecified atom stereocenters. The summed E-state index contributed by atoms with van der Waals surface area (Å²) >= 11 is 0. The van der Waals surface area contributed by atoms with Gasteiger partial charge in [-0.2, -0.15) is 4.89 Å². The van der Waals surface area contributed by atoms with Crippen LogP contribution < -0.4 is 0 Å². The molecule has 0 heterocycles. The first-order valence-corrected chi connectivity index (χ1v) is 3.77. The van der Waals surface area contributed by atoms with Gasteiger partial charge >= 0.3 is 6.16 Å². The van der Waals surface area contributed by atoms with Crippen molar-refractivity contribution < 1.29 is 19.3 Å². The van der Waals surface area contributed by atoms with Gasteiger partial charge in [-0.3, -0.25) is 4.89 Å². The lowest BCUT2D eigenvalue weighted by molar-refractivity contribution is -0.254. The first kappa shape index (κ1) is 10.2. The molecule has 0 aromatic heterocycles. The lowest BCUT2D eigenvalue weighted by atomic mass is 10.4. The van der Waals surface area contributed by atoms with E-state index in [1.807, 2.05) is 6.92 Å². The van der Waals surface area contributed by atoms with Crippen molar-refractivity contribution in [1.82, 2.24) is 0 Å². The summed E-state index contributed by atoms with van der Waals surface area (Å²) in [5.74, 6) is 0. The number of unbranched alkanes of at least 4 members (excludes halogenated alkanes) is 1. The van der Waals surface area contributed by atoms with Crippen LogP contribution in [0.3, 0.4) is 0 Å². The van der Waals surface area contributed by atoms with Crippen LogP contribution in [-0.2, 0) is 14.5 Å². The zero-order valence-electron chi connectivity index (χ0n) is 6.96. The minimum Gasteiger partial charge on any atom is -0.433 e. The molecule has 0 aliphatic heterocycles. The fourth-order valence-corrected chi connectivity index (χ4v) is 0.435. The first-order valence-electron chi connectivity index (χ1n) is 3.77. The summed E-state index contributed by atoms with van der Waals surface area (Å²) in [5, 5.41) is 0. The van der Waals surface area contributed by atoms with Crippen molar-refractivity contribution in [3.8, 4) is 0 Å². The molecule has 0 aromatic rings. The van der Waals surface area contributed by atoms with Crippen molar-refractivity contribution in [1.29, 1.82) is 0 Å². The average molecular weight is 162 g/mol. The zero-order chi connectivity index (χ0) is 8.53. The predicted octanol–water partition coefficient (Wildman–Crippen LogP) is 1.89. The summed E-state index contributed by atoms with van der Waals surface area (Å²) in [6.07, 6.45) is 1.11. The Labute approximate surface area is 66.4 Å². The van der Waals surface area contributed by atoms with Gasteiger partial charge in [-0.05, 0) is 13.3 Å². The molecule has 11 heavy (non-hydrogen) atoms. The van der Waals surface area contributed by atoms with Gasteiger partial charge in [0.2, 0.25) is 0 Å². The lowest BCUT2D eigenvalue weighted by Gasteiger charge is -2.01. The van der Waals surface area contributed by atoms with Gasteiger partial charge in [0.05, 0.1) is 13.2 Å². The molecule has 0 amide bonds. The van der Waals surface area contributed by atoms with Crippen LogP contribution in [0.15, 0.2) is 0 Å². The van der Waals surface area contributed by atoms with Gasteiger partial charge in [-0.15, -0.1) is 0 Å². The Morgan fingerprint density at radius 1 is 1.36 bits per heavy atom. The molecule has 4 nitrogen and oxygen atoms in total. The quantitative estimate of drug-likeness (QED) is 0.268. The standard InChI is InChI=1S/C7H14O4/c1-3-5-6-10-11-7(8)9-4-2/h3-6H2,1-2H3. The van der Waals surface area contributed by atoms with Crippen LogP contribution >= 0.6 is 0 Å². The molecule has 0 bridgehead atoms. The number of carbonyl (C=O) groups excluding carboxylic acids is 1. The normalized spacial score (nSPS) is 9.27. The molecule has 0 radical (unpaired) electrons. The van der Waals surface area contributed by atoms with E-state index in [4.69, 9.17) is 0 Å². The van der Waals surface area contributed by atoms with Crippen LogP contribution in [0.5, 0.6) is 0 Å². The Kier molecular flexibility index (Phi) is 6.82. The highest BCUT2D eigenvalue weighted by Gasteiger charge is 2.01. The van der Waals surface area contributed by atoms with Gasteiger partial charge < -0.3 is 4.74 Å². The van der Waals surface area contributed by atoms with Crippen molar-refractivity contribution in [3.63, 3.8) is 0 Å². The molecule has 0 aromatic carbocycles. The Hall–Kier alpha value is -0.770. The molecule has 66 valence electrons. The number of carbonyl (C=O) groups is 1. The summed E-state index contributed by atoms with van der Waals surface area (Å²) in [7, 11) is 0. The van der Waals surface area contributed by atoms with E-state index in [0.29, 0.717) is 13.2 Å². The largest absolute Gasteiger partial charge is 0.540 e. The van der Waals surface area contributed by atoms with Crippen molar-refractivity contribution in [2.75, 3.05) is 13.2 Å². The van der Waals surface area contributed by atoms with E-state index in [2.05, 4.69) is 14.5 Å². The Morgan fingerprint density at radius 3 is 2.64 bits per heavy atom. The molecule has 0 spiro atoms. The molecular formula is C7H14O4. The second-order valence-electron chi connectivity index (χ2n) is 1.94. The molecule has 0 saturated heterocycles. The SMILES string of the molecule is CCCCOOC(=O)OCC. The molecular weight excluding hydrogens is 148 g/mol. The van der Waals surface area contributed by atoms with Crippen molar-refractivity contribution in [2.45, 2.75) is 26.7 Å². The van der Waals surface area contributed by atoms with Crippen molar-refractivity contribution in [2.24, 2.45) is 0 Å². The van der Waals surface area contributed by atoms with E-state index < -0.39 is 6.16 Å². The maximum absolute atomic E-state index is 10.4. The second kappa shape index (κ2) is 7.34. The molecule has 4 heteroatoms. The lowest BCUT2D eigenvalue weighted by Crippen LogP contribution is -2.08. The van der Waals surface area contributed by atoms with E-state index in [-0.39, 0.29) is 0 Å². The molecule has 0 aliphatic carbocycles. The van der Waals surface area contributed by atoms with Crippen LogP contribution in [0, 0.1) is 0 Å². The zero-order valence-corrected chi connectivity index (χ0v) is 6.96. The highest BCUT2D eigenvalue weighted by molar-refractivity contribution is 5.58. The van der Waals surface area contributed by atoms with Gasteiger partial charge in [0, 0.05) is 0 Å². The maximum atomic E-state index is 10.4. The third-order valence-electron chi connectivity index (χ3n) is 0.970. The molecule has 0 rings (SSSR count). The van der Waals surface area contributed by atoms with E-state index >= 15 is 0 Å². The fraction of sp³-hybridized carbons (Fsp3) is 0.857. The number of hydrogen-bond donors (Lipinski definition) is 0. The van der Waals surface area contributed by atoms with E-state index in [0.717, 1.165) is 12.8 Å². The van der Waals surface area contributed by atoms with Gasteiger partial charge in [-0.25, -0.2) is 4.79 Å². The van der Waals surface area contributed by atoms with E-state index in [9.17, 15) is 4.79 Å². The Bertz CT molecular complexity index is 103. The van der Waals surface area contributed by atoms with E-state index in [1.165, 1.54) is 0 Å². The third kappa shape index (κ3) is 7.12. The summed E-state index contributed by atoms with van der Waals surface area (Å²) < 4.78 is 4.44. The van der Waals surface area contributed by atoms with Gasteiger partial charge in [0.1, 0.15) is 0 Å². The summed E-state index contributed by atoms with van der Waals surface area (Å²) in [6, 6.07) is 0. The van der Waals surface area contributed by atoms with Gasteiger partial charge in [0.25, 0.3) is 0 Å². The topological polar surface area (TPSA) is 44.8 Å². The minimum absolute atomic E-state index is 0.302. The van der Waals surface area contributed by atoms with Crippen LogP contribution in [0.4, 0.5) is 4.79 Å². The molecule has 0 aliphatic rings. The molecule has 0 saturated carbocycles. The number of ether oxygens (including phenoxy) is 1. The smallest absolute Gasteiger partial charge is 0.433 e. The molecule has 0 N–H and O–H groups in total. The Balaban J connectivity index is 3.04. The minimum atomic E-state index is -0.774. The van der Waals surface area contributed by atoms with Crippen LogP contribution in [0.25, 0.3) is 0 Å². The number of hydrogen-bond acceptors (Lipinski definition) is 4. The van der Waals surface area contributed by atoms with Crippen LogP contribution in [-0.4, -0.2) is 19.4 Å². The second-order valence-corrected chi connectivity index (χ2v) is 1.94. The van der Waals surface area contributed by atoms with E-state index in [1.54, 1.807) is 6.92 Å². The first-order chi connectivity index (χ1) is 5.31. The molecule has 0 fully saturated rings. The monoisotopic (exact) mass is 162 g/mol. The molecule has 0 atom stereocenters. The highest BCUT2D eigenvalue weighted by Crippen LogP contribution is 1.91. The fourth-order valence-electron chi connectivity index (χ4n) is 0.435. The highest BCUT2D eigenvalue weighted by atomic mass is 17.2. The third-order valence-corrected chi connectivity index (χ3v) is 0.970. The summed E-state index contributed by atoms with van der Waals surface area (Å²) in [5.41, 5.74) is 0. The maximum Gasteiger partial charge on any atom is 0.540 e. The Morgan fingerprint density at radius 2 is 2.09 bits per heavy atom. The van der Waals surface area contributed by atoms with Crippen LogP contribution in [0.2, 0.25) is 0 Å². The summed E-state index contributed by atoms with van der Waals surface area (Å²) in [4.78, 5) is 19.2.